The minimum Gasteiger partial charge on any atom is -0.323 e. The van der Waals surface area contributed by atoms with Gasteiger partial charge in [-0.1, -0.05) is 53.9 Å². The van der Waals surface area contributed by atoms with Crippen LogP contribution in [0.2, 0.25) is 0 Å². The number of nitrogens with zero attached hydrogens (tertiary/aromatic N) is 4. The van der Waals surface area contributed by atoms with Crippen molar-refractivity contribution < 1.29 is 9.18 Å². The molecule has 1 aliphatic carbocycles. The van der Waals surface area contributed by atoms with Crippen LogP contribution < -0.4 is 5.32 Å². The fourth-order valence-corrected chi connectivity index (χ4v) is 5.13. The summed E-state index contributed by atoms with van der Waals surface area (Å²) < 4.78 is 16.9. The van der Waals surface area contributed by atoms with Gasteiger partial charge < -0.3 is 9.88 Å². The lowest BCUT2D eigenvalue weighted by Crippen LogP contribution is -2.26. The van der Waals surface area contributed by atoms with Gasteiger partial charge in [0.05, 0.1) is 17.5 Å². The summed E-state index contributed by atoms with van der Waals surface area (Å²) in [4.78, 5) is 14.6. The van der Waals surface area contributed by atoms with Crippen LogP contribution in [-0.4, -0.2) is 45.4 Å². The van der Waals surface area contributed by atoms with Crippen molar-refractivity contribution in [1.29, 1.82) is 0 Å². The Balaban J connectivity index is 1.76. The van der Waals surface area contributed by atoms with Gasteiger partial charge in [0.15, 0.2) is 11.0 Å². The number of thioether (sulfide) groups is 1. The molecule has 1 fully saturated rings. The first-order valence-electron chi connectivity index (χ1n) is 10.4. The van der Waals surface area contributed by atoms with Gasteiger partial charge in [-0.15, -0.1) is 10.2 Å². The molecule has 6 nitrogen and oxygen atoms in total. The summed E-state index contributed by atoms with van der Waals surface area (Å²) in [5.41, 5.74) is 0.178. The molecule has 9 heteroatoms. The summed E-state index contributed by atoms with van der Waals surface area (Å²) in [6, 6.07) is 5.13. The van der Waals surface area contributed by atoms with Crippen LogP contribution in [0.5, 0.6) is 0 Å². The van der Waals surface area contributed by atoms with Gasteiger partial charge in [-0.25, -0.2) is 4.39 Å². The average Bonchev–Trinajstić information content (AvgIpc) is 3.13. The molecule has 1 N–H and O–H groups in total. The van der Waals surface area contributed by atoms with Crippen LogP contribution >= 0.6 is 27.7 Å². The van der Waals surface area contributed by atoms with Crippen LogP contribution in [0.25, 0.3) is 0 Å². The highest BCUT2D eigenvalue weighted by Gasteiger charge is 2.28. The highest BCUT2D eigenvalue weighted by Crippen LogP contribution is 2.35. The van der Waals surface area contributed by atoms with E-state index in [0.29, 0.717) is 10.5 Å². The molecule has 0 spiro atoms. The molecule has 0 bridgehead atoms. The monoisotopic (exact) mass is 497 g/mol. The SMILES string of the molecule is CC[C@@H](c1nnc(SCC(=O)Nc2ccc(Br)cc2F)n1C1CCCCC1)N(C)C. The Morgan fingerprint density at radius 3 is 2.70 bits per heavy atom. The van der Waals surface area contributed by atoms with Crippen molar-refractivity contribution in [3.63, 3.8) is 0 Å². The van der Waals surface area contributed by atoms with Gasteiger partial charge in [-0.3, -0.25) is 9.69 Å². The number of rotatable bonds is 8. The molecular weight excluding hydrogens is 469 g/mol. The zero-order valence-electron chi connectivity index (χ0n) is 17.7. The Morgan fingerprint density at radius 2 is 2.07 bits per heavy atom. The molecule has 164 valence electrons. The highest BCUT2D eigenvalue weighted by molar-refractivity contribution is 9.10. The molecule has 0 aliphatic heterocycles. The van der Waals surface area contributed by atoms with Crippen molar-refractivity contribution in [2.75, 3.05) is 25.2 Å². The third-order valence-corrected chi connectivity index (χ3v) is 6.91. The van der Waals surface area contributed by atoms with E-state index in [1.807, 2.05) is 0 Å². The molecule has 3 rings (SSSR count). The van der Waals surface area contributed by atoms with Crippen molar-refractivity contribution in [1.82, 2.24) is 19.7 Å². The molecular formula is C21H29BrFN5OS. The summed E-state index contributed by atoms with van der Waals surface area (Å²) in [7, 11) is 4.11. The Hall–Kier alpha value is -1.45. The number of carbonyl (C=O) groups excluding carboxylic acids is 1. The number of anilines is 1. The molecule has 1 atom stereocenters. The fourth-order valence-electron chi connectivity index (χ4n) is 3.98. The number of carbonyl (C=O) groups is 1. The number of benzene rings is 1. The Kier molecular flexibility index (Phi) is 8.30. The maximum absolute atomic E-state index is 14.0. The van der Waals surface area contributed by atoms with Gasteiger partial charge in [0, 0.05) is 10.5 Å². The molecule has 1 aromatic carbocycles. The third-order valence-electron chi connectivity index (χ3n) is 5.48. The maximum Gasteiger partial charge on any atom is 0.234 e. The van der Waals surface area contributed by atoms with Crippen LogP contribution in [0.3, 0.4) is 0 Å². The normalized spacial score (nSPS) is 16.1. The molecule has 0 unspecified atom stereocenters. The van der Waals surface area contributed by atoms with E-state index in [2.05, 4.69) is 61.9 Å². The molecule has 2 aromatic rings. The van der Waals surface area contributed by atoms with Crippen LogP contribution in [0.15, 0.2) is 27.8 Å². The lowest BCUT2D eigenvalue weighted by Gasteiger charge is -2.29. The lowest BCUT2D eigenvalue weighted by atomic mass is 9.95. The molecule has 1 saturated carbocycles. The average molecular weight is 498 g/mol. The quantitative estimate of drug-likeness (QED) is 0.492. The summed E-state index contributed by atoms with van der Waals surface area (Å²) in [6.45, 7) is 2.15. The summed E-state index contributed by atoms with van der Waals surface area (Å²) in [5.74, 6) is 0.392. The number of aromatic nitrogens is 3. The van der Waals surface area contributed by atoms with Gasteiger partial charge in [0.2, 0.25) is 5.91 Å². The second-order valence-electron chi connectivity index (χ2n) is 7.85. The van der Waals surface area contributed by atoms with Crippen LogP contribution in [0.1, 0.15) is 63.4 Å². The van der Waals surface area contributed by atoms with Crippen molar-refractivity contribution in [2.24, 2.45) is 0 Å². The minimum absolute atomic E-state index is 0.152. The number of amides is 1. The Bertz CT molecular complexity index is 869. The van der Waals surface area contributed by atoms with E-state index >= 15 is 0 Å². The molecule has 0 radical (unpaired) electrons. The predicted octanol–water partition coefficient (Wildman–Crippen LogP) is 5.43. The summed E-state index contributed by atoms with van der Waals surface area (Å²) in [6.07, 6.45) is 6.83. The van der Waals surface area contributed by atoms with E-state index in [1.165, 1.54) is 37.1 Å². The zero-order chi connectivity index (χ0) is 21.7. The molecule has 0 saturated heterocycles. The first kappa shape index (κ1) is 23.2. The molecule has 1 heterocycles. The van der Waals surface area contributed by atoms with E-state index in [0.717, 1.165) is 30.2 Å². The highest BCUT2D eigenvalue weighted by atomic mass is 79.9. The second-order valence-corrected chi connectivity index (χ2v) is 9.71. The van der Waals surface area contributed by atoms with Gasteiger partial charge in [0.25, 0.3) is 0 Å². The first-order valence-corrected chi connectivity index (χ1v) is 12.2. The molecule has 1 aromatic heterocycles. The zero-order valence-corrected chi connectivity index (χ0v) is 20.1. The number of hydrogen-bond acceptors (Lipinski definition) is 5. The number of hydrogen-bond donors (Lipinski definition) is 1. The van der Waals surface area contributed by atoms with E-state index in [-0.39, 0.29) is 23.4 Å². The van der Waals surface area contributed by atoms with E-state index in [1.54, 1.807) is 12.1 Å². The topological polar surface area (TPSA) is 63.1 Å². The van der Waals surface area contributed by atoms with E-state index < -0.39 is 5.82 Å². The van der Waals surface area contributed by atoms with Gasteiger partial charge in [-0.05, 0) is 51.6 Å². The van der Waals surface area contributed by atoms with E-state index in [9.17, 15) is 9.18 Å². The maximum atomic E-state index is 14.0. The van der Waals surface area contributed by atoms with Crippen LogP contribution in [-0.2, 0) is 4.79 Å². The fraction of sp³-hybridized carbons (Fsp3) is 0.571. The third kappa shape index (κ3) is 5.62. The Morgan fingerprint density at radius 1 is 1.33 bits per heavy atom. The second kappa shape index (κ2) is 10.7. The summed E-state index contributed by atoms with van der Waals surface area (Å²) in [5, 5.41) is 12.4. The van der Waals surface area contributed by atoms with Gasteiger partial charge in [0.1, 0.15) is 5.82 Å². The molecule has 1 aliphatic rings. The van der Waals surface area contributed by atoms with Gasteiger partial charge in [-0.2, -0.15) is 0 Å². The molecule has 30 heavy (non-hydrogen) atoms. The predicted molar refractivity (Wildman–Crippen MR) is 122 cm³/mol. The minimum atomic E-state index is -0.466. The van der Waals surface area contributed by atoms with Crippen LogP contribution in [0.4, 0.5) is 10.1 Å². The number of nitrogens with one attached hydrogen (secondary N) is 1. The smallest absolute Gasteiger partial charge is 0.234 e. The summed E-state index contributed by atoms with van der Waals surface area (Å²) >= 11 is 4.59. The first-order chi connectivity index (χ1) is 14.4. The van der Waals surface area contributed by atoms with Gasteiger partial charge >= 0.3 is 0 Å². The van der Waals surface area contributed by atoms with Crippen molar-refractivity contribution in [2.45, 2.75) is 62.7 Å². The molecule has 1 amide bonds. The largest absolute Gasteiger partial charge is 0.323 e. The number of halogens is 2. The van der Waals surface area contributed by atoms with Crippen LogP contribution in [0, 0.1) is 5.82 Å². The van der Waals surface area contributed by atoms with Crippen molar-refractivity contribution >= 4 is 39.3 Å². The van der Waals surface area contributed by atoms with Crippen molar-refractivity contribution in [3.8, 4) is 0 Å². The lowest BCUT2D eigenvalue weighted by molar-refractivity contribution is -0.113. The standard InChI is InChI=1S/C21H29BrFN5OS/c1-4-18(27(2)3)20-25-26-21(28(20)15-8-6-5-7-9-15)30-13-19(29)24-17-11-10-14(22)12-16(17)23/h10-12,15,18H,4-9,13H2,1-3H3,(H,24,29)/t18-/m0/s1. The Labute approximate surface area is 190 Å². The van der Waals surface area contributed by atoms with E-state index in [4.69, 9.17) is 0 Å². The van der Waals surface area contributed by atoms with Crippen molar-refractivity contribution in [3.05, 3.63) is 34.3 Å².